The highest BCUT2D eigenvalue weighted by atomic mass is 15.0. The summed E-state index contributed by atoms with van der Waals surface area (Å²) in [4.78, 5) is 0. The van der Waals surface area contributed by atoms with E-state index in [4.69, 9.17) is 0 Å². The van der Waals surface area contributed by atoms with Crippen LogP contribution in [0.15, 0.2) is 54.7 Å². The highest BCUT2D eigenvalue weighted by Gasteiger charge is 2.26. The Labute approximate surface area is 182 Å². The fraction of sp³-hybridized carbons (Fsp3) is 0.276. The van der Waals surface area contributed by atoms with Crippen molar-refractivity contribution in [3.8, 4) is 0 Å². The van der Waals surface area contributed by atoms with Crippen LogP contribution in [-0.2, 0) is 7.05 Å². The van der Waals surface area contributed by atoms with Gasteiger partial charge in [0, 0.05) is 16.8 Å². The molecule has 0 bridgehead atoms. The van der Waals surface area contributed by atoms with E-state index in [-0.39, 0.29) is 0 Å². The van der Waals surface area contributed by atoms with Crippen molar-refractivity contribution >= 4 is 49.0 Å². The van der Waals surface area contributed by atoms with Crippen LogP contribution in [0.4, 0.5) is 0 Å². The summed E-state index contributed by atoms with van der Waals surface area (Å²) in [5.74, 6) is 0.705. The highest BCUT2D eigenvalue weighted by Crippen LogP contribution is 2.43. The third-order valence-electron chi connectivity index (χ3n) is 8.02. The van der Waals surface area contributed by atoms with Gasteiger partial charge in [-0.3, -0.25) is 0 Å². The van der Waals surface area contributed by atoms with Crippen molar-refractivity contribution in [1.29, 1.82) is 0 Å². The average molecular weight is 404 g/mol. The average Bonchev–Trinajstić information content (AvgIpc) is 3.42. The van der Waals surface area contributed by atoms with Crippen molar-refractivity contribution in [2.75, 3.05) is 0 Å². The van der Waals surface area contributed by atoms with Gasteiger partial charge < -0.3 is 4.40 Å². The zero-order chi connectivity index (χ0) is 20.9. The SMILES string of the molecule is Cc1cc2c3ccccc3n3c4cc(C5CCCC5)cc5cc[n+](C)c(c(c1C)c23)c54. The molecule has 0 atom stereocenters. The highest BCUT2D eigenvalue weighted by molar-refractivity contribution is 6.26. The third-order valence-corrected chi connectivity index (χ3v) is 8.02. The van der Waals surface area contributed by atoms with Crippen molar-refractivity contribution in [3.05, 3.63) is 71.4 Å². The minimum absolute atomic E-state index is 0.705. The number of nitrogens with zero attached hydrogens (tertiary/aromatic N) is 2. The molecule has 152 valence electrons. The number of pyridine rings is 2. The zero-order valence-electron chi connectivity index (χ0n) is 18.5. The largest absolute Gasteiger partial charge is 0.307 e. The van der Waals surface area contributed by atoms with Crippen molar-refractivity contribution in [3.63, 3.8) is 0 Å². The lowest BCUT2D eigenvalue weighted by atomic mass is 9.92. The molecule has 0 radical (unpaired) electrons. The van der Waals surface area contributed by atoms with Crippen LogP contribution in [0.3, 0.4) is 0 Å². The van der Waals surface area contributed by atoms with Crippen LogP contribution in [-0.4, -0.2) is 4.40 Å². The molecule has 6 aromatic rings. The Morgan fingerprint density at radius 1 is 0.871 bits per heavy atom. The fourth-order valence-corrected chi connectivity index (χ4v) is 6.37. The van der Waals surface area contributed by atoms with Crippen molar-refractivity contribution in [1.82, 2.24) is 4.40 Å². The molecular formula is C29H27N2+. The first-order chi connectivity index (χ1) is 15.1. The van der Waals surface area contributed by atoms with Crippen LogP contribution in [0.5, 0.6) is 0 Å². The van der Waals surface area contributed by atoms with Gasteiger partial charge in [-0.05, 0) is 72.9 Å². The molecule has 31 heavy (non-hydrogen) atoms. The molecule has 3 aromatic heterocycles. The van der Waals surface area contributed by atoms with Gasteiger partial charge >= 0.3 is 0 Å². The summed E-state index contributed by atoms with van der Waals surface area (Å²) in [6, 6.07) is 18.7. The Balaban J connectivity index is 1.84. The quantitative estimate of drug-likeness (QED) is 0.157. The molecule has 3 aromatic carbocycles. The summed E-state index contributed by atoms with van der Waals surface area (Å²) in [6.07, 6.45) is 7.64. The van der Waals surface area contributed by atoms with Crippen LogP contribution in [0.2, 0.25) is 0 Å². The molecule has 3 heterocycles. The monoisotopic (exact) mass is 403 g/mol. The normalized spacial score (nSPS) is 15.6. The molecule has 0 N–H and O–H groups in total. The molecule has 0 spiro atoms. The molecule has 1 fully saturated rings. The molecule has 0 amide bonds. The number of benzene rings is 3. The van der Waals surface area contributed by atoms with Crippen molar-refractivity contribution in [2.24, 2.45) is 7.05 Å². The van der Waals surface area contributed by atoms with E-state index in [0.717, 1.165) is 0 Å². The van der Waals surface area contributed by atoms with Gasteiger partial charge in [0.05, 0.1) is 27.3 Å². The lowest BCUT2D eigenvalue weighted by molar-refractivity contribution is -0.643. The fourth-order valence-electron chi connectivity index (χ4n) is 6.37. The maximum absolute atomic E-state index is 2.57. The number of hydrogen-bond acceptors (Lipinski definition) is 0. The van der Waals surface area contributed by atoms with Gasteiger partial charge in [0.15, 0.2) is 6.20 Å². The topological polar surface area (TPSA) is 8.29 Å². The van der Waals surface area contributed by atoms with E-state index in [9.17, 15) is 0 Å². The van der Waals surface area contributed by atoms with Crippen LogP contribution in [0.1, 0.15) is 48.3 Å². The first-order valence-corrected chi connectivity index (χ1v) is 11.6. The molecule has 7 rings (SSSR count). The number of aromatic nitrogens is 2. The smallest absolute Gasteiger partial charge is 0.224 e. The number of rotatable bonds is 1. The van der Waals surface area contributed by atoms with E-state index in [2.05, 4.69) is 84.6 Å². The summed E-state index contributed by atoms with van der Waals surface area (Å²) in [6.45, 7) is 4.55. The Kier molecular flexibility index (Phi) is 3.38. The van der Waals surface area contributed by atoms with E-state index in [1.807, 2.05) is 0 Å². The van der Waals surface area contributed by atoms with Crippen LogP contribution in [0, 0.1) is 13.8 Å². The number of aryl methyl sites for hydroxylation is 3. The molecule has 1 saturated carbocycles. The maximum atomic E-state index is 2.57. The second-order valence-electron chi connectivity index (χ2n) is 9.70. The second kappa shape index (κ2) is 5.97. The third kappa shape index (κ3) is 2.15. The minimum Gasteiger partial charge on any atom is -0.307 e. The lowest BCUT2D eigenvalue weighted by Crippen LogP contribution is -2.29. The zero-order valence-corrected chi connectivity index (χ0v) is 18.5. The molecule has 0 saturated heterocycles. The second-order valence-corrected chi connectivity index (χ2v) is 9.70. The van der Waals surface area contributed by atoms with Gasteiger partial charge in [-0.2, -0.15) is 0 Å². The number of hydrogen-bond donors (Lipinski definition) is 0. The summed E-state index contributed by atoms with van der Waals surface area (Å²) < 4.78 is 4.91. The van der Waals surface area contributed by atoms with Crippen molar-refractivity contribution in [2.45, 2.75) is 45.4 Å². The summed E-state index contributed by atoms with van der Waals surface area (Å²) >= 11 is 0. The molecule has 2 heteroatoms. The maximum Gasteiger partial charge on any atom is 0.224 e. The first kappa shape index (κ1) is 17.5. The van der Waals surface area contributed by atoms with Crippen LogP contribution < -0.4 is 4.57 Å². The Bertz CT molecular complexity index is 1660. The van der Waals surface area contributed by atoms with Crippen LogP contribution in [0.25, 0.3) is 49.0 Å². The molecule has 0 aliphatic heterocycles. The number of fused-ring (bicyclic) bond motifs is 5. The van der Waals surface area contributed by atoms with Gasteiger partial charge in [-0.1, -0.05) is 37.1 Å². The summed E-state index contributed by atoms with van der Waals surface area (Å²) in [7, 11) is 2.20. The van der Waals surface area contributed by atoms with Crippen LogP contribution >= 0.6 is 0 Å². The standard InChI is InChI=1S/C29H27N2/c1-17-14-23-22-10-6-7-11-24(22)31-25-16-21(19-8-4-5-9-19)15-20-12-13-30(3)29(27(20)25)26(18(17)2)28(23)31/h6-7,10-16,19H,4-5,8-9H2,1-3H3/q+1. The van der Waals surface area contributed by atoms with E-state index in [1.54, 1.807) is 0 Å². The number of para-hydroxylation sites is 1. The Morgan fingerprint density at radius 3 is 2.52 bits per heavy atom. The molecule has 2 nitrogen and oxygen atoms in total. The lowest BCUT2D eigenvalue weighted by Gasteiger charge is -2.17. The Hall–Kier alpha value is -3.13. The predicted molar refractivity (Wildman–Crippen MR) is 130 cm³/mol. The predicted octanol–water partition coefficient (Wildman–Crippen LogP) is 7.09. The van der Waals surface area contributed by atoms with Crippen molar-refractivity contribution < 1.29 is 4.57 Å². The van der Waals surface area contributed by atoms with E-state index in [1.165, 1.54) is 91.4 Å². The van der Waals surface area contributed by atoms with E-state index in [0.29, 0.717) is 5.92 Å². The van der Waals surface area contributed by atoms with Gasteiger partial charge in [0.25, 0.3) is 0 Å². The summed E-state index contributed by atoms with van der Waals surface area (Å²) in [5, 5.41) is 6.92. The molecule has 1 aliphatic rings. The molecular weight excluding hydrogens is 376 g/mol. The minimum atomic E-state index is 0.705. The summed E-state index contributed by atoms with van der Waals surface area (Å²) in [5.41, 5.74) is 9.73. The van der Waals surface area contributed by atoms with E-state index < -0.39 is 0 Å². The molecule has 1 aliphatic carbocycles. The van der Waals surface area contributed by atoms with Gasteiger partial charge in [-0.15, -0.1) is 0 Å². The van der Waals surface area contributed by atoms with Gasteiger partial charge in [0.1, 0.15) is 7.05 Å². The first-order valence-electron chi connectivity index (χ1n) is 11.6. The molecule has 0 unspecified atom stereocenters. The van der Waals surface area contributed by atoms with Gasteiger partial charge in [0.2, 0.25) is 5.52 Å². The van der Waals surface area contributed by atoms with E-state index >= 15 is 0 Å². The Morgan fingerprint density at radius 2 is 1.68 bits per heavy atom. The van der Waals surface area contributed by atoms with Gasteiger partial charge in [-0.25, -0.2) is 4.57 Å².